The minimum absolute atomic E-state index is 0.146. The van der Waals surface area contributed by atoms with Gasteiger partial charge >= 0.3 is 0 Å². The van der Waals surface area contributed by atoms with Crippen molar-refractivity contribution >= 4 is 23.1 Å². The molecule has 3 rings (SSSR count). The van der Waals surface area contributed by atoms with Crippen molar-refractivity contribution < 1.29 is 4.79 Å². The summed E-state index contributed by atoms with van der Waals surface area (Å²) in [4.78, 5) is 16.5. The highest BCUT2D eigenvalue weighted by molar-refractivity contribution is 6.04. The maximum Gasteiger partial charge on any atom is 0.255 e. The maximum atomic E-state index is 12.1. The molecule has 3 aromatic rings. The average Bonchev–Trinajstić information content (AvgIpc) is 2.64. The van der Waals surface area contributed by atoms with Crippen LogP contribution in [0.15, 0.2) is 72.9 Å². The highest BCUT2D eigenvalue weighted by Gasteiger charge is 2.05. The summed E-state index contributed by atoms with van der Waals surface area (Å²) in [5.41, 5.74) is 3.57. The number of carbonyl (C=O) groups is 1. The van der Waals surface area contributed by atoms with Crippen LogP contribution >= 0.6 is 0 Å². The van der Waals surface area contributed by atoms with Crippen molar-refractivity contribution in [3.05, 3.63) is 84.1 Å². The monoisotopic (exact) mass is 331 g/mol. The molecule has 2 N–H and O–H groups in total. The Kier molecular flexibility index (Phi) is 5.09. The predicted octanol–water partition coefficient (Wildman–Crippen LogP) is 5.20. The van der Waals surface area contributed by atoms with Gasteiger partial charge in [-0.1, -0.05) is 44.2 Å². The first-order valence-corrected chi connectivity index (χ1v) is 8.31. The predicted molar refractivity (Wildman–Crippen MR) is 102 cm³/mol. The molecule has 0 bridgehead atoms. The minimum atomic E-state index is -0.146. The number of rotatable bonds is 5. The van der Waals surface area contributed by atoms with Gasteiger partial charge in [0.2, 0.25) is 0 Å². The molecule has 0 fully saturated rings. The molecule has 1 heterocycles. The fraction of sp³-hybridized carbons (Fsp3) is 0.143. The van der Waals surface area contributed by atoms with Gasteiger partial charge in [-0.25, -0.2) is 4.98 Å². The summed E-state index contributed by atoms with van der Waals surface area (Å²) in [7, 11) is 0. The van der Waals surface area contributed by atoms with Crippen LogP contribution in [-0.4, -0.2) is 10.9 Å². The lowest BCUT2D eigenvalue weighted by Crippen LogP contribution is -2.11. The smallest absolute Gasteiger partial charge is 0.255 e. The third-order valence-electron chi connectivity index (χ3n) is 3.91. The zero-order valence-corrected chi connectivity index (χ0v) is 14.4. The van der Waals surface area contributed by atoms with Crippen molar-refractivity contribution in [1.29, 1.82) is 0 Å². The van der Waals surface area contributed by atoms with Gasteiger partial charge < -0.3 is 10.6 Å². The molecule has 0 spiro atoms. The fourth-order valence-corrected chi connectivity index (χ4v) is 2.43. The van der Waals surface area contributed by atoms with Gasteiger partial charge in [0.15, 0.2) is 0 Å². The van der Waals surface area contributed by atoms with Crippen LogP contribution in [0.25, 0.3) is 0 Å². The number of carbonyl (C=O) groups excluding carboxylic acids is 1. The van der Waals surface area contributed by atoms with Crippen LogP contribution in [0, 0.1) is 0 Å². The summed E-state index contributed by atoms with van der Waals surface area (Å²) in [6.45, 7) is 4.35. The Morgan fingerprint density at radius 3 is 2.16 bits per heavy atom. The lowest BCUT2D eigenvalue weighted by Gasteiger charge is -2.10. The maximum absolute atomic E-state index is 12.1. The standard InChI is InChI=1S/C21H21N3O/c1-15(2)16-8-10-18(11-9-16)23-20-13-12-19(14-22-20)24-21(25)17-6-4-3-5-7-17/h3-15H,1-2H3,(H,22,23)(H,24,25). The number of amides is 1. The molecule has 0 saturated carbocycles. The normalized spacial score (nSPS) is 10.5. The molecule has 4 nitrogen and oxygen atoms in total. The Balaban J connectivity index is 1.63. The van der Waals surface area contributed by atoms with Gasteiger partial charge in [-0.05, 0) is 47.9 Å². The quantitative estimate of drug-likeness (QED) is 0.675. The van der Waals surface area contributed by atoms with Gasteiger partial charge in [0.1, 0.15) is 5.82 Å². The number of aromatic nitrogens is 1. The summed E-state index contributed by atoms with van der Waals surface area (Å²) in [5, 5.41) is 6.10. The first kappa shape index (κ1) is 16.7. The van der Waals surface area contributed by atoms with Crippen LogP contribution < -0.4 is 10.6 Å². The lowest BCUT2D eigenvalue weighted by atomic mass is 10.0. The third kappa shape index (κ3) is 4.44. The summed E-state index contributed by atoms with van der Waals surface area (Å²) < 4.78 is 0. The van der Waals surface area contributed by atoms with Crippen molar-refractivity contribution in [1.82, 2.24) is 4.98 Å². The van der Waals surface area contributed by atoms with Crippen LogP contribution in [0.1, 0.15) is 35.7 Å². The van der Waals surface area contributed by atoms with Crippen LogP contribution in [-0.2, 0) is 0 Å². The summed E-state index contributed by atoms with van der Waals surface area (Å²) in [6.07, 6.45) is 1.64. The number of hydrogen-bond acceptors (Lipinski definition) is 3. The third-order valence-corrected chi connectivity index (χ3v) is 3.91. The number of benzene rings is 2. The van der Waals surface area contributed by atoms with Crippen molar-refractivity contribution in [2.75, 3.05) is 10.6 Å². The number of anilines is 3. The van der Waals surface area contributed by atoms with E-state index in [1.807, 2.05) is 42.5 Å². The number of pyridine rings is 1. The molecule has 1 amide bonds. The van der Waals surface area contributed by atoms with E-state index in [-0.39, 0.29) is 5.91 Å². The zero-order chi connectivity index (χ0) is 17.6. The molecule has 0 unspecified atom stereocenters. The summed E-state index contributed by atoms with van der Waals surface area (Å²) >= 11 is 0. The molecule has 0 aliphatic rings. The molecule has 0 aliphatic carbocycles. The van der Waals surface area contributed by atoms with E-state index in [1.54, 1.807) is 18.3 Å². The lowest BCUT2D eigenvalue weighted by molar-refractivity contribution is 0.102. The SMILES string of the molecule is CC(C)c1ccc(Nc2ccc(NC(=O)c3ccccc3)cn2)cc1. The van der Waals surface area contributed by atoms with Gasteiger partial charge in [0.25, 0.3) is 5.91 Å². The van der Waals surface area contributed by atoms with Crippen LogP contribution in [0.5, 0.6) is 0 Å². The number of hydrogen-bond donors (Lipinski definition) is 2. The van der Waals surface area contributed by atoms with Gasteiger partial charge in [-0.2, -0.15) is 0 Å². The van der Waals surface area contributed by atoms with E-state index in [0.717, 1.165) is 11.5 Å². The topological polar surface area (TPSA) is 54.0 Å². The Labute approximate surface area is 147 Å². The Bertz CT molecular complexity index is 825. The molecule has 126 valence electrons. The highest BCUT2D eigenvalue weighted by Crippen LogP contribution is 2.20. The molecule has 1 aromatic heterocycles. The minimum Gasteiger partial charge on any atom is -0.340 e. The molecule has 0 atom stereocenters. The first-order valence-electron chi connectivity index (χ1n) is 8.31. The van der Waals surface area contributed by atoms with E-state index in [0.29, 0.717) is 17.2 Å². The van der Waals surface area contributed by atoms with E-state index < -0.39 is 0 Å². The van der Waals surface area contributed by atoms with Crippen molar-refractivity contribution in [3.8, 4) is 0 Å². The van der Waals surface area contributed by atoms with E-state index in [4.69, 9.17) is 0 Å². The van der Waals surface area contributed by atoms with Crippen LogP contribution in [0.4, 0.5) is 17.2 Å². The first-order chi connectivity index (χ1) is 12.1. The Hall–Kier alpha value is -3.14. The molecule has 0 radical (unpaired) electrons. The zero-order valence-electron chi connectivity index (χ0n) is 14.4. The van der Waals surface area contributed by atoms with Gasteiger partial charge in [-0.3, -0.25) is 4.79 Å². The van der Waals surface area contributed by atoms with Gasteiger partial charge in [0, 0.05) is 11.3 Å². The number of nitrogens with zero attached hydrogens (tertiary/aromatic N) is 1. The number of nitrogens with one attached hydrogen (secondary N) is 2. The second-order valence-corrected chi connectivity index (χ2v) is 6.15. The molecular weight excluding hydrogens is 310 g/mol. The van der Waals surface area contributed by atoms with E-state index in [1.165, 1.54) is 5.56 Å². The average molecular weight is 331 g/mol. The van der Waals surface area contributed by atoms with Crippen molar-refractivity contribution in [2.24, 2.45) is 0 Å². The van der Waals surface area contributed by atoms with Crippen molar-refractivity contribution in [3.63, 3.8) is 0 Å². The fourth-order valence-electron chi connectivity index (χ4n) is 2.43. The summed E-state index contributed by atoms with van der Waals surface area (Å²) in [5.74, 6) is 1.10. The highest BCUT2D eigenvalue weighted by atomic mass is 16.1. The Morgan fingerprint density at radius 1 is 0.880 bits per heavy atom. The molecular formula is C21H21N3O. The van der Waals surface area contributed by atoms with E-state index in [2.05, 4.69) is 41.6 Å². The van der Waals surface area contributed by atoms with Crippen LogP contribution in [0.2, 0.25) is 0 Å². The molecule has 0 saturated heterocycles. The Morgan fingerprint density at radius 2 is 1.56 bits per heavy atom. The molecule has 25 heavy (non-hydrogen) atoms. The van der Waals surface area contributed by atoms with E-state index in [9.17, 15) is 4.79 Å². The second kappa shape index (κ2) is 7.62. The van der Waals surface area contributed by atoms with Gasteiger partial charge in [0.05, 0.1) is 11.9 Å². The van der Waals surface area contributed by atoms with Crippen LogP contribution in [0.3, 0.4) is 0 Å². The summed E-state index contributed by atoms with van der Waals surface area (Å²) in [6, 6.07) is 21.1. The second-order valence-electron chi connectivity index (χ2n) is 6.15. The van der Waals surface area contributed by atoms with Gasteiger partial charge in [-0.15, -0.1) is 0 Å². The molecule has 4 heteroatoms. The van der Waals surface area contributed by atoms with Crippen molar-refractivity contribution in [2.45, 2.75) is 19.8 Å². The molecule has 2 aromatic carbocycles. The van der Waals surface area contributed by atoms with E-state index >= 15 is 0 Å². The molecule has 0 aliphatic heterocycles. The largest absolute Gasteiger partial charge is 0.340 e.